The van der Waals surface area contributed by atoms with E-state index in [-0.39, 0.29) is 43.5 Å². The maximum absolute atomic E-state index is 12.3. The SMILES string of the molecule is CC(=O)Nc1ccc(SC[C@@H]2C[C@H](c3ccc(CO)cc3)O[C@H](c3cccc(-c4cccc(CNC(=O)CCCC(=O)NO)c4)c3)O2)cc1. The zero-order chi connectivity index (χ0) is 34.6. The van der Waals surface area contributed by atoms with Gasteiger partial charge in [0.05, 0.1) is 18.8 Å². The number of amides is 3. The lowest BCUT2D eigenvalue weighted by molar-refractivity contribution is -0.245. The van der Waals surface area contributed by atoms with Gasteiger partial charge in [0, 0.05) is 54.6 Å². The highest BCUT2D eigenvalue weighted by molar-refractivity contribution is 7.99. The van der Waals surface area contributed by atoms with E-state index >= 15 is 0 Å². The van der Waals surface area contributed by atoms with Gasteiger partial charge in [0.1, 0.15) is 0 Å². The summed E-state index contributed by atoms with van der Waals surface area (Å²) in [6.07, 6.45) is 0.330. The first-order valence-corrected chi connectivity index (χ1v) is 17.2. The summed E-state index contributed by atoms with van der Waals surface area (Å²) < 4.78 is 13.2. The first kappa shape index (κ1) is 35.8. The molecule has 256 valence electrons. The molecule has 4 aromatic carbocycles. The van der Waals surface area contributed by atoms with Crippen LogP contribution in [0.25, 0.3) is 11.1 Å². The van der Waals surface area contributed by atoms with Gasteiger partial charge in [0.25, 0.3) is 0 Å². The number of aliphatic hydroxyl groups is 1. The Kier molecular flexibility index (Phi) is 13.0. The summed E-state index contributed by atoms with van der Waals surface area (Å²) in [6, 6.07) is 31.6. The van der Waals surface area contributed by atoms with E-state index in [1.807, 2.05) is 91.0 Å². The van der Waals surface area contributed by atoms with Crippen LogP contribution in [0.5, 0.6) is 0 Å². The van der Waals surface area contributed by atoms with Crippen molar-refractivity contribution in [2.24, 2.45) is 0 Å². The maximum atomic E-state index is 12.3. The van der Waals surface area contributed by atoms with E-state index in [0.717, 1.165) is 44.0 Å². The van der Waals surface area contributed by atoms with Gasteiger partial charge in [0.2, 0.25) is 17.7 Å². The van der Waals surface area contributed by atoms with E-state index in [0.29, 0.717) is 25.1 Å². The minimum absolute atomic E-state index is 0.0244. The summed E-state index contributed by atoms with van der Waals surface area (Å²) in [5, 5.41) is 23.8. The third-order valence-corrected chi connectivity index (χ3v) is 9.21. The van der Waals surface area contributed by atoms with Crippen molar-refractivity contribution in [2.45, 2.75) is 69.2 Å². The Hall–Kier alpha value is -4.52. The van der Waals surface area contributed by atoms with Gasteiger partial charge < -0.3 is 25.2 Å². The lowest BCUT2D eigenvalue weighted by atomic mass is 9.99. The molecule has 1 saturated heterocycles. The molecule has 3 amide bonds. The maximum Gasteiger partial charge on any atom is 0.243 e. The summed E-state index contributed by atoms with van der Waals surface area (Å²) in [4.78, 5) is 35.9. The van der Waals surface area contributed by atoms with Crippen LogP contribution in [0, 0.1) is 0 Å². The van der Waals surface area contributed by atoms with Crippen LogP contribution in [0.3, 0.4) is 0 Å². The van der Waals surface area contributed by atoms with Gasteiger partial charge in [-0.3, -0.25) is 19.6 Å². The number of aliphatic hydroxyl groups excluding tert-OH is 1. The molecule has 11 heteroatoms. The predicted octanol–water partition coefficient (Wildman–Crippen LogP) is 6.43. The molecule has 1 aliphatic heterocycles. The molecule has 1 fully saturated rings. The quantitative estimate of drug-likeness (QED) is 0.0581. The van der Waals surface area contributed by atoms with Crippen LogP contribution >= 0.6 is 11.8 Å². The van der Waals surface area contributed by atoms with Crippen LogP contribution in [-0.4, -0.2) is 39.9 Å². The summed E-state index contributed by atoms with van der Waals surface area (Å²) in [5.41, 5.74) is 7.96. The lowest BCUT2D eigenvalue weighted by Gasteiger charge is -2.36. The summed E-state index contributed by atoms with van der Waals surface area (Å²) in [6.45, 7) is 1.81. The van der Waals surface area contributed by atoms with Crippen molar-refractivity contribution in [3.05, 3.63) is 119 Å². The van der Waals surface area contributed by atoms with Gasteiger partial charge in [-0.15, -0.1) is 11.8 Å². The fourth-order valence-electron chi connectivity index (χ4n) is 5.53. The van der Waals surface area contributed by atoms with Crippen molar-refractivity contribution in [2.75, 3.05) is 11.1 Å². The number of ether oxygens (including phenoxy) is 2. The first-order chi connectivity index (χ1) is 23.8. The molecule has 1 heterocycles. The minimum Gasteiger partial charge on any atom is -0.392 e. The summed E-state index contributed by atoms with van der Waals surface area (Å²) >= 11 is 1.69. The number of carbonyl (C=O) groups is 3. The van der Waals surface area contributed by atoms with Crippen molar-refractivity contribution in [3.8, 4) is 11.1 Å². The Morgan fingerprint density at radius 3 is 2.24 bits per heavy atom. The number of hydrogen-bond acceptors (Lipinski definition) is 8. The molecule has 1 aliphatic rings. The molecule has 5 N–H and O–H groups in total. The molecule has 0 spiro atoms. The van der Waals surface area contributed by atoms with Crippen molar-refractivity contribution < 1.29 is 34.2 Å². The minimum atomic E-state index is -0.612. The Bertz CT molecular complexity index is 1720. The number of nitrogens with one attached hydrogen (secondary N) is 3. The molecule has 0 unspecified atom stereocenters. The monoisotopic (exact) mass is 683 g/mol. The van der Waals surface area contributed by atoms with Gasteiger partial charge >= 0.3 is 0 Å². The van der Waals surface area contributed by atoms with Gasteiger partial charge in [-0.25, -0.2) is 5.48 Å². The molecular weight excluding hydrogens is 642 g/mol. The lowest BCUT2D eigenvalue weighted by Crippen LogP contribution is -2.31. The number of hydrogen-bond donors (Lipinski definition) is 5. The van der Waals surface area contributed by atoms with E-state index in [1.54, 1.807) is 17.2 Å². The van der Waals surface area contributed by atoms with Crippen LogP contribution in [0.4, 0.5) is 5.69 Å². The molecule has 4 aromatic rings. The molecule has 3 atom stereocenters. The zero-order valence-electron chi connectivity index (χ0n) is 27.3. The number of anilines is 1. The van der Waals surface area contributed by atoms with Gasteiger partial charge in [0.15, 0.2) is 6.29 Å². The molecule has 10 nitrogen and oxygen atoms in total. The highest BCUT2D eigenvalue weighted by Gasteiger charge is 2.32. The Morgan fingerprint density at radius 2 is 1.53 bits per heavy atom. The van der Waals surface area contributed by atoms with Crippen molar-refractivity contribution >= 4 is 35.2 Å². The van der Waals surface area contributed by atoms with Gasteiger partial charge in [-0.2, -0.15) is 0 Å². The highest BCUT2D eigenvalue weighted by Crippen LogP contribution is 2.40. The normalized spacial score (nSPS) is 17.2. The van der Waals surface area contributed by atoms with Gasteiger partial charge in [-0.05, 0) is 70.6 Å². The fourth-order valence-corrected chi connectivity index (χ4v) is 6.45. The topological polar surface area (TPSA) is 146 Å². The molecule has 0 bridgehead atoms. The molecule has 0 aromatic heterocycles. The molecule has 0 saturated carbocycles. The highest BCUT2D eigenvalue weighted by atomic mass is 32.2. The smallest absolute Gasteiger partial charge is 0.243 e. The van der Waals surface area contributed by atoms with Crippen LogP contribution in [0.2, 0.25) is 0 Å². The van der Waals surface area contributed by atoms with Crippen molar-refractivity contribution in [1.82, 2.24) is 10.8 Å². The fraction of sp³-hybridized carbons (Fsp3) is 0.289. The average molecular weight is 684 g/mol. The molecule has 5 rings (SSSR count). The Morgan fingerprint density at radius 1 is 0.816 bits per heavy atom. The van der Waals surface area contributed by atoms with E-state index < -0.39 is 12.2 Å². The Labute approximate surface area is 290 Å². The number of thioether (sulfide) groups is 1. The largest absolute Gasteiger partial charge is 0.392 e. The third kappa shape index (κ3) is 10.7. The number of carbonyl (C=O) groups excluding carboxylic acids is 3. The summed E-state index contributed by atoms with van der Waals surface area (Å²) in [5.74, 6) is -0.0896. The summed E-state index contributed by atoms with van der Waals surface area (Å²) in [7, 11) is 0. The van der Waals surface area contributed by atoms with Gasteiger partial charge in [-0.1, -0.05) is 60.7 Å². The molecular formula is C38H41N3O7S. The van der Waals surface area contributed by atoms with Crippen molar-refractivity contribution in [3.63, 3.8) is 0 Å². The van der Waals surface area contributed by atoms with Crippen LogP contribution < -0.4 is 16.1 Å². The van der Waals surface area contributed by atoms with E-state index in [1.165, 1.54) is 6.92 Å². The second-order valence-corrected chi connectivity index (χ2v) is 13.0. The molecule has 0 aliphatic carbocycles. The number of benzene rings is 4. The average Bonchev–Trinajstić information content (AvgIpc) is 3.13. The van der Waals surface area contributed by atoms with Crippen LogP contribution in [0.1, 0.15) is 67.3 Å². The van der Waals surface area contributed by atoms with Crippen LogP contribution in [-0.2, 0) is 37.0 Å². The second-order valence-electron chi connectivity index (χ2n) is 11.9. The van der Waals surface area contributed by atoms with E-state index in [9.17, 15) is 19.5 Å². The predicted molar refractivity (Wildman–Crippen MR) is 187 cm³/mol. The third-order valence-electron chi connectivity index (χ3n) is 8.07. The standard InChI is InChI=1S/C38H41N3O7S/c1-25(43)40-32-15-17-34(18-16-32)49-24-33-21-35(28-13-11-26(23-42)12-14-28)48-38(47-33)31-8-3-7-30(20-31)29-6-2-5-27(19-29)22-39-36(44)9-4-10-37(45)41-46/h2-3,5-8,11-20,33,35,38,42,46H,4,9-10,21-24H2,1H3,(H,39,44)(H,40,43)(H,41,45)/t33-,35+,38+/m0/s1. The van der Waals surface area contributed by atoms with Crippen LogP contribution in [0.15, 0.2) is 102 Å². The molecule has 49 heavy (non-hydrogen) atoms. The zero-order valence-corrected chi connectivity index (χ0v) is 28.1. The van der Waals surface area contributed by atoms with E-state index in [4.69, 9.17) is 14.7 Å². The van der Waals surface area contributed by atoms with Crippen molar-refractivity contribution in [1.29, 1.82) is 0 Å². The molecule has 0 radical (unpaired) electrons. The first-order valence-electron chi connectivity index (χ1n) is 16.2. The second kappa shape index (κ2) is 17.8. The Balaban J connectivity index is 1.28. The van der Waals surface area contributed by atoms with E-state index in [2.05, 4.69) is 16.7 Å². The number of hydroxylamine groups is 1. The number of rotatable bonds is 14.